The van der Waals surface area contributed by atoms with Gasteiger partial charge < -0.3 is 9.88 Å². The van der Waals surface area contributed by atoms with Crippen molar-refractivity contribution in [2.45, 2.75) is 33.2 Å². The van der Waals surface area contributed by atoms with E-state index in [1.165, 1.54) is 5.56 Å². The molecule has 0 aliphatic heterocycles. The number of rotatable bonds is 5. The van der Waals surface area contributed by atoms with E-state index >= 15 is 0 Å². The fourth-order valence-corrected chi connectivity index (χ4v) is 2.57. The van der Waals surface area contributed by atoms with Gasteiger partial charge >= 0.3 is 0 Å². The van der Waals surface area contributed by atoms with Crippen molar-refractivity contribution in [3.05, 3.63) is 52.3 Å². The largest absolute Gasteiger partial charge is 0.342 e. The number of amides is 1. The number of halogens is 1. The van der Waals surface area contributed by atoms with Crippen molar-refractivity contribution in [3.8, 4) is 0 Å². The highest BCUT2D eigenvalue weighted by Crippen LogP contribution is 2.18. The van der Waals surface area contributed by atoms with Crippen LogP contribution in [0.4, 0.5) is 5.69 Å². The maximum absolute atomic E-state index is 12.3. The van der Waals surface area contributed by atoms with Crippen molar-refractivity contribution in [2.75, 3.05) is 5.32 Å². The van der Waals surface area contributed by atoms with Crippen LogP contribution in [0.2, 0.25) is 0 Å². The summed E-state index contributed by atoms with van der Waals surface area (Å²) in [4.78, 5) is 12.3. The van der Waals surface area contributed by atoms with Crippen LogP contribution in [0.5, 0.6) is 0 Å². The Kier molecular flexibility index (Phi) is 5.01. The summed E-state index contributed by atoms with van der Waals surface area (Å²) >= 11 is 3.42. The quantitative estimate of drug-likeness (QED) is 0.859. The Morgan fingerprint density at radius 1 is 1.25 bits per heavy atom. The number of nitrogens with one attached hydrogen (secondary N) is 1. The molecule has 0 radical (unpaired) electrons. The Hall–Kier alpha value is -1.55. The second-order valence-corrected chi connectivity index (χ2v) is 5.66. The monoisotopic (exact) mass is 334 g/mol. The maximum Gasteiger partial charge on any atom is 0.272 e. The number of carbonyl (C=O) groups is 1. The lowest BCUT2D eigenvalue weighted by Gasteiger charge is -2.09. The Balaban J connectivity index is 2.14. The van der Waals surface area contributed by atoms with Gasteiger partial charge in [0, 0.05) is 22.9 Å². The third kappa shape index (κ3) is 3.51. The summed E-state index contributed by atoms with van der Waals surface area (Å²) in [6, 6.07) is 9.82. The summed E-state index contributed by atoms with van der Waals surface area (Å²) in [5.74, 6) is -0.0756. The van der Waals surface area contributed by atoms with Crippen LogP contribution < -0.4 is 5.32 Å². The van der Waals surface area contributed by atoms with E-state index in [0.29, 0.717) is 5.69 Å². The molecule has 0 aliphatic rings. The number of carbonyl (C=O) groups excluding carboxylic acids is 1. The summed E-state index contributed by atoms with van der Waals surface area (Å²) < 4.78 is 2.90. The van der Waals surface area contributed by atoms with Crippen molar-refractivity contribution in [2.24, 2.45) is 0 Å². The zero-order valence-corrected chi connectivity index (χ0v) is 13.4. The molecule has 106 valence electrons. The molecular formula is C16H19BrN2O. The molecule has 0 aliphatic carbocycles. The van der Waals surface area contributed by atoms with Gasteiger partial charge in [-0.1, -0.05) is 26.0 Å². The van der Waals surface area contributed by atoms with Gasteiger partial charge in [0.1, 0.15) is 5.69 Å². The summed E-state index contributed by atoms with van der Waals surface area (Å²) in [5, 5.41) is 2.94. The Labute approximate surface area is 128 Å². The molecule has 3 nitrogen and oxygen atoms in total. The molecule has 1 amide bonds. The van der Waals surface area contributed by atoms with Crippen LogP contribution in [-0.2, 0) is 13.0 Å². The van der Waals surface area contributed by atoms with Gasteiger partial charge in [0.25, 0.3) is 5.91 Å². The molecule has 0 saturated heterocycles. The SMILES string of the molecule is CCCn1cc(Br)cc1C(=O)Nc1ccc(CC)cc1. The third-order valence-corrected chi connectivity index (χ3v) is 3.61. The lowest BCUT2D eigenvalue weighted by Crippen LogP contribution is -2.16. The van der Waals surface area contributed by atoms with Gasteiger partial charge in [-0.3, -0.25) is 4.79 Å². The maximum atomic E-state index is 12.3. The van der Waals surface area contributed by atoms with Gasteiger partial charge in [-0.15, -0.1) is 0 Å². The molecule has 20 heavy (non-hydrogen) atoms. The van der Waals surface area contributed by atoms with Gasteiger partial charge in [0.2, 0.25) is 0 Å². The van der Waals surface area contributed by atoms with E-state index in [0.717, 1.165) is 29.5 Å². The molecule has 1 aromatic heterocycles. The smallest absolute Gasteiger partial charge is 0.272 e. The fraction of sp³-hybridized carbons (Fsp3) is 0.312. The lowest BCUT2D eigenvalue weighted by atomic mass is 10.1. The standard InChI is InChI=1S/C16H19BrN2O/c1-3-9-19-11-13(17)10-15(19)16(20)18-14-7-5-12(4-2)6-8-14/h5-8,10-11H,3-4,9H2,1-2H3,(H,18,20). The number of hydrogen-bond acceptors (Lipinski definition) is 1. The molecule has 1 heterocycles. The van der Waals surface area contributed by atoms with Gasteiger partial charge in [-0.2, -0.15) is 0 Å². The fourth-order valence-electron chi connectivity index (χ4n) is 2.11. The predicted molar refractivity (Wildman–Crippen MR) is 86.2 cm³/mol. The molecule has 1 aromatic carbocycles. The number of anilines is 1. The lowest BCUT2D eigenvalue weighted by molar-refractivity contribution is 0.101. The molecule has 0 bridgehead atoms. The Morgan fingerprint density at radius 2 is 1.95 bits per heavy atom. The first-order valence-corrected chi connectivity index (χ1v) is 7.69. The highest BCUT2D eigenvalue weighted by molar-refractivity contribution is 9.10. The van der Waals surface area contributed by atoms with E-state index in [1.54, 1.807) is 0 Å². The van der Waals surface area contributed by atoms with Crippen molar-refractivity contribution in [3.63, 3.8) is 0 Å². The van der Waals surface area contributed by atoms with Crippen LogP contribution in [-0.4, -0.2) is 10.5 Å². The summed E-state index contributed by atoms with van der Waals surface area (Å²) in [7, 11) is 0. The molecule has 0 saturated carbocycles. The van der Waals surface area contributed by atoms with Crippen molar-refractivity contribution in [1.29, 1.82) is 0 Å². The van der Waals surface area contributed by atoms with E-state index in [4.69, 9.17) is 0 Å². The molecule has 0 fully saturated rings. The number of nitrogens with zero attached hydrogens (tertiary/aromatic N) is 1. The highest BCUT2D eigenvalue weighted by atomic mass is 79.9. The van der Waals surface area contributed by atoms with Gasteiger partial charge in [-0.05, 0) is 52.5 Å². The normalized spacial score (nSPS) is 10.6. The van der Waals surface area contributed by atoms with E-state index in [9.17, 15) is 4.79 Å². The van der Waals surface area contributed by atoms with E-state index in [2.05, 4.69) is 35.1 Å². The van der Waals surface area contributed by atoms with Crippen molar-refractivity contribution < 1.29 is 4.79 Å². The van der Waals surface area contributed by atoms with Crippen LogP contribution in [0.1, 0.15) is 36.3 Å². The molecule has 4 heteroatoms. The van der Waals surface area contributed by atoms with E-state index in [-0.39, 0.29) is 5.91 Å². The first kappa shape index (κ1) is 14.9. The van der Waals surface area contributed by atoms with Crippen LogP contribution in [0, 0.1) is 0 Å². The van der Waals surface area contributed by atoms with Crippen molar-refractivity contribution >= 4 is 27.5 Å². The summed E-state index contributed by atoms with van der Waals surface area (Å²) in [5.41, 5.74) is 2.77. The van der Waals surface area contributed by atoms with Gasteiger partial charge in [0.15, 0.2) is 0 Å². The third-order valence-electron chi connectivity index (χ3n) is 3.18. The van der Waals surface area contributed by atoms with Crippen LogP contribution in [0.25, 0.3) is 0 Å². The minimum atomic E-state index is -0.0756. The second-order valence-electron chi connectivity index (χ2n) is 4.74. The first-order chi connectivity index (χ1) is 9.63. The molecule has 1 N–H and O–H groups in total. The number of aromatic nitrogens is 1. The first-order valence-electron chi connectivity index (χ1n) is 6.90. The van der Waals surface area contributed by atoms with Crippen LogP contribution >= 0.6 is 15.9 Å². The summed E-state index contributed by atoms with van der Waals surface area (Å²) in [6.45, 7) is 5.05. The second kappa shape index (κ2) is 6.75. The van der Waals surface area contributed by atoms with Crippen molar-refractivity contribution in [1.82, 2.24) is 4.57 Å². The Morgan fingerprint density at radius 3 is 2.55 bits per heavy atom. The van der Waals surface area contributed by atoms with Crippen LogP contribution in [0.15, 0.2) is 41.0 Å². The zero-order chi connectivity index (χ0) is 14.5. The number of benzene rings is 1. The van der Waals surface area contributed by atoms with Gasteiger partial charge in [0.05, 0.1) is 0 Å². The van der Waals surface area contributed by atoms with E-state index in [1.807, 2.05) is 41.1 Å². The average molecular weight is 335 g/mol. The Bertz CT molecular complexity index is 587. The molecule has 2 rings (SSSR count). The predicted octanol–water partition coefficient (Wildman–Crippen LogP) is 4.48. The molecule has 0 unspecified atom stereocenters. The van der Waals surface area contributed by atoms with Crippen LogP contribution in [0.3, 0.4) is 0 Å². The molecule has 0 atom stereocenters. The topological polar surface area (TPSA) is 34.0 Å². The minimum Gasteiger partial charge on any atom is -0.342 e. The number of aryl methyl sites for hydroxylation is 2. The summed E-state index contributed by atoms with van der Waals surface area (Å²) in [6.07, 6.45) is 3.94. The minimum absolute atomic E-state index is 0.0756. The zero-order valence-electron chi connectivity index (χ0n) is 11.8. The molecular weight excluding hydrogens is 316 g/mol. The van der Waals surface area contributed by atoms with E-state index < -0.39 is 0 Å². The molecule has 0 spiro atoms. The highest BCUT2D eigenvalue weighted by Gasteiger charge is 2.12. The average Bonchev–Trinajstić information content (AvgIpc) is 2.81. The molecule has 2 aromatic rings. The van der Waals surface area contributed by atoms with Gasteiger partial charge in [-0.25, -0.2) is 0 Å². The number of hydrogen-bond donors (Lipinski definition) is 1.